The van der Waals surface area contributed by atoms with Gasteiger partial charge in [-0.25, -0.2) is 0 Å². The molecule has 0 spiro atoms. The van der Waals surface area contributed by atoms with Gasteiger partial charge in [-0.05, 0) is 47.5 Å². The summed E-state index contributed by atoms with van der Waals surface area (Å²) in [5, 5.41) is 7.20. The first kappa shape index (κ1) is 20.2. The summed E-state index contributed by atoms with van der Waals surface area (Å²) >= 11 is 0. The van der Waals surface area contributed by atoms with Gasteiger partial charge in [-0.3, -0.25) is 4.79 Å². The van der Waals surface area contributed by atoms with Gasteiger partial charge < -0.3 is 20.1 Å². The van der Waals surface area contributed by atoms with Gasteiger partial charge in [-0.15, -0.1) is 0 Å². The Balaban J connectivity index is 1.57. The maximum atomic E-state index is 13.6. The number of Topliss-reactive ketones (excluding diaryl/α,β-unsaturated/α-hetero) is 1. The van der Waals surface area contributed by atoms with E-state index in [0.717, 1.165) is 39.7 Å². The van der Waals surface area contributed by atoms with Crippen LogP contribution < -0.4 is 20.1 Å². The maximum absolute atomic E-state index is 13.6. The molecule has 3 aromatic carbocycles. The predicted octanol–water partition coefficient (Wildman–Crippen LogP) is 5.54. The van der Waals surface area contributed by atoms with Crippen molar-refractivity contribution >= 4 is 17.2 Å². The number of benzene rings is 3. The molecule has 0 saturated carbocycles. The van der Waals surface area contributed by atoms with E-state index in [0.29, 0.717) is 6.42 Å². The lowest BCUT2D eigenvalue weighted by molar-refractivity contribution is -0.122. The molecule has 5 heteroatoms. The van der Waals surface area contributed by atoms with E-state index in [2.05, 4.69) is 16.7 Å². The van der Waals surface area contributed by atoms with Crippen LogP contribution in [0.25, 0.3) is 0 Å². The smallest absolute Gasteiger partial charge is 0.145 e. The molecule has 1 heterocycles. The minimum atomic E-state index is -0.301. The van der Waals surface area contributed by atoms with Crippen LogP contribution in [0.5, 0.6) is 11.5 Å². The Hall–Kier alpha value is -3.73. The maximum Gasteiger partial charge on any atom is 0.145 e. The number of methoxy groups -OCH3 is 2. The standard InChI is InChI=1S/C27H26N2O3/c1-31-20-11-7-17(8-12-20)19-15-24-26(25(30)16-19)27(18-9-13-21(32-2)14-10-18)29-23-6-4-3-5-22(23)28-24/h3-15,19,26-29H,16H2,1-2H3. The fraction of sp³-hybridized carbons (Fsp3) is 0.222. The highest BCUT2D eigenvalue weighted by Crippen LogP contribution is 2.44. The number of ether oxygens (including phenoxy) is 2. The Morgan fingerprint density at radius 1 is 0.781 bits per heavy atom. The minimum Gasteiger partial charge on any atom is -0.497 e. The van der Waals surface area contributed by atoms with Gasteiger partial charge >= 0.3 is 0 Å². The molecule has 3 atom stereocenters. The average Bonchev–Trinajstić information content (AvgIpc) is 3.01. The Morgan fingerprint density at radius 3 is 2.00 bits per heavy atom. The normalized spacial score (nSPS) is 21.8. The topological polar surface area (TPSA) is 59.6 Å². The highest BCUT2D eigenvalue weighted by Gasteiger charge is 2.39. The molecule has 162 valence electrons. The first-order valence-electron chi connectivity index (χ1n) is 10.8. The van der Waals surface area contributed by atoms with Crippen molar-refractivity contribution in [2.75, 3.05) is 24.9 Å². The number of allylic oxidation sites excluding steroid dienone is 1. The summed E-state index contributed by atoms with van der Waals surface area (Å²) in [7, 11) is 3.31. The third kappa shape index (κ3) is 3.71. The summed E-state index contributed by atoms with van der Waals surface area (Å²) < 4.78 is 10.6. The van der Waals surface area contributed by atoms with Gasteiger partial charge in [0.25, 0.3) is 0 Å². The van der Waals surface area contributed by atoms with Crippen molar-refractivity contribution in [2.45, 2.75) is 18.4 Å². The second-order valence-corrected chi connectivity index (χ2v) is 8.22. The molecule has 0 fully saturated rings. The molecule has 0 aromatic heterocycles. The second-order valence-electron chi connectivity index (χ2n) is 8.22. The monoisotopic (exact) mass is 426 g/mol. The average molecular weight is 427 g/mol. The summed E-state index contributed by atoms with van der Waals surface area (Å²) in [5.41, 5.74) is 5.07. The number of para-hydroxylation sites is 2. The number of hydrogen-bond donors (Lipinski definition) is 2. The lowest BCUT2D eigenvalue weighted by Gasteiger charge is -2.32. The van der Waals surface area contributed by atoms with Gasteiger partial charge in [-0.1, -0.05) is 42.5 Å². The quantitative estimate of drug-likeness (QED) is 0.574. The molecule has 2 N–H and O–H groups in total. The van der Waals surface area contributed by atoms with Crippen molar-refractivity contribution < 1.29 is 14.3 Å². The van der Waals surface area contributed by atoms with Gasteiger partial charge in [0.15, 0.2) is 0 Å². The molecule has 5 rings (SSSR count). The lowest BCUT2D eigenvalue weighted by Crippen LogP contribution is -2.33. The van der Waals surface area contributed by atoms with Gasteiger partial charge in [0.1, 0.15) is 17.3 Å². The molecule has 5 nitrogen and oxygen atoms in total. The largest absolute Gasteiger partial charge is 0.497 e. The summed E-state index contributed by atoms with van der Waals surface area (Å²) in [6.07, 6.45) is 2.68. The van der Waals surface area contributed by atoms with Crippen LogP contribution in [0, 0.1) is 5.92 Å². The Kier molecular flexibility index (Phi) is 5.31. The molecule has 3 aromatic rings. The fourth-order valence-corrected chi connectivity index (χ4v) is 4.66. The molecule has 1 aliphatic carbocycles. The van der Waals surface area contributed by atoms with Gasteiger partial charge in [-0.2, -0.15) is 0 Å². The van der Waals surface area contributed by atoms with Crippen LogP contribution in [-0.4, -0.2) is 20.0 Å². The molecule has 0 radical (unpaired) electrons. The fourth-order valence-electron chi connectivity index (χ4n) is 4.66. The van der Waals surface area contributed by atoms with Crippen LogP contribution in [-0.2, 0) is 4.79 Å². The highest BCUT2D eigenvalue weighted by molar-refractivity contribution is 5.90. The zero-order chi connectivity index (χ0) is 22.1. The van der Waals surface area contributed by atoms with E-state index in [1.165, 1.54) is 0 Å². The van der Waals surface area contributed by atoms with E-state index in [1.54, 1.807) is 14.2 Å². The number of nitrogens with one attached hydrogen (secondary N) is 2. The number of carbonyl (C=O) groups excluding carboxylic acids is 1. The summed E-state index contributed by atoms with van der Waals surface area (Å²) in [6.45, 7) is 0. The molecular weight excluding hydrogens is 400 g/mol. The Morgan fingerprint density at radius 2 is 1.38 bits per heavy atom. The Bertz CT molecular complexity index is 1150. The second kappa shape index (κ2) is 8.42. The van der Waals surface area contributed by atoms with Crippen molar-refractivity contribution in [1.29, 1.82) is 0 Å². The molecule has 32 heavy (non-hydrogen) atoms. The predicted molar refractivity (Wildman–Crippen MR) is 126 cm³/mol. The SMILES string of the molecule is COc1ccc(C2C=C3Nc4ccccc4NC(c4ccc(OC)cc4)C3C(=O)C2)cc1. The summed E-state index contributed by atoms with van der Waals surface area (Å²) in [4.78, 5) is 13.6. The molecule has 0 amide bonds. The van der Waals surface area contributed by atoms with Crippen LogP contribution in [0.2, 0.25) is 0 Å². The van der Waals surface area contributed by atoms with Crippen LogP contribution in [0.15, 0.2) is 84.6 Å². The number of carbonyl (C=O) groups is 1. The molecule has 0 bridgehead atoms. The number of hydrogen-bond acceptors (Lipinski definition) is 5. The van der Waals surface area contributed by atoms with Crippen molar-refractivity contribution in [3.8, 4) is 11.5 Å². The first-order valence-corrected chi connectivity index (χ1v) is 10.8. The Labute approximate surface area is 188 Å². The zero-order valence-corrected chi connectivity index (χ0v) is 18.2. The molecule has 3 unspecified atom stereocenters. The van der Waals surface area contributed by atoms with E-state index in [4.69, 9.17) is 9.47 Å². The van der Waals surface area contributed by atoms with E-state index in [-0.39, 0.29) is 23.7 Å². The lowest BCUT2D eigenvalue weighted by atomic mass is 9.76. The van der Waals surface area contributed by atoms with Crippen molar-refractivity contribution in [3.05, 3.63) is 95.7 Å². The van der Waals surface area contributed by atoms with Crippen molar-refractivity contribution in [3.63, 3.8) is 0 Å². The number of rotatable bonds is 4. The van der Waals surface area contributed by atoms with E-state index in [9.17, 15) is 4.79 Å². The number of anilines is 2. The van der Waals surface area contributed by atoms with Crippen LogP contribution >= 0.6 is 0 Å². The first-order chi connectivity index (χ1) is 15.7. The van der Waals surface area contributed by atoms with Crippen LogP contribution in [0.4, 0.5) is 11.4 Å². The third-order valence-electron chi connectivity index (χ3n) is 6.35. The molecule has 0 saturated heterocycles. The molecule has 2 aliphatic rings. The summed E-state index contributed by atoms with van der Waals surface area (Å²) in [6, 6.07) is 23.8. The zero-order valence-electron chi connectivity index (χ0n) is 18.2. The van der Waals surface area contributed by atoms with Crippen LogP contribution in [0.1, 0.15) is 29.5 Å². The van der Waals surface area contributed by atoms with E-state index >= 15 is 0 Å². The van der Waals surface area contributed by atoms with E-state index in [1.807, 2.05) is 72.8 Å². The minimum absolute atomic E-state index is 0.0222. The summed E-state index contributed by atoms with van der Waals surface area (Å²) in [5.74, 6) is 1.55. The van der Waals surface area contributed by atoms with Crippen molar-refractivity contribution in [2.24, 2.45) is 5.92 Å². The van der Waals surface area contributed by atoms with Crippen molar-refractivity contribution in [1.82, 2.24) is 0 Å². The highest BCUT2D eigenvalue weighted by atomic mass is 16.5. The van der Waals surface area contributed by atoms with Gasteiger partial charge in [0, 0.05) is 18.0 Å². The number of ketones is 1. The third-order valence-corrected chi connectivity index (χ3v) is 6.35. The number of fused-ring (bicyclic) bond motifs is 2. The van der Waals surface area contributed by atoms with Gasteiger partial charge in [0.05, 0.1) is 37.6 Å². The van der Waals surface area contributed by atoms with Crippen LogP contribution in [0.3, 0.4) is 0 Å². The van der Waals surface area contributed by atoms with E-state index < -0.39 is 0 Å². The molecule has 1 aliphatic heterocycles. The van der Waals surface area contributed by atoms with Gasteiger partial charge in [0.2, 0.25) is 0 Å². The molecular formula is C27H26N2O3.